The summed E-state index contributed by atoms with van der Waals surface area (Å²) in [6.45, 7) is 3.23. The van der Waals surface area contributed by atoms with Crippen molar-refractivity contribution in [2.75, 3.05) is 6.61 Å². The fraction of sp³-hybridized carbons (Fsp3) is 0.455. The summed E-state index contributed by atoms with van der Waals surface area (Å²) < 4.78 is 42.0. The minimum atomic E-state index is -4.58. The van der Waals surface area contributed by atoms with Crippen LogP contribution in [0.2, 0.25) is 5.15 Å². The quantitative estimate of drug-likeness (QED) is 0.627. The first-order valence-corrected chi connectivity index (χ1v) is 5.48. The summed E-state index contributed by atoms with van der Waals surface area (Å²) in [5, 5.41) is -0.470. The number of Topliss-reactive ketones (excluding diaryl/α,β-unsaturated/α-hetero) is 1. The Kier molecular flexibility index (Phi) is 4.70. The molecule has 1 heterocycles. The highest BCUT2D eigenvalue weighted by Crippen LogP contribution is 2.29. The monoisotopic (exact) mass is 281 g/mol. The van der Waals surface area contributed by atoms with E-state index in [1.807, 2.05) is 0 Å². The van der Waals surface area contributed by atoms with E-state index in [0.29, 0.717) is 6.07 Å². The highest BCUT2D eigenvalue weighted by atomic mass is 35.5. The zero-order valence-corrected chi connectivity index (χ0v) is 10.5. The molecule has 0 fully saturated rings. The molecule has 0 bridgehead atoms. The average molecular weight is 282 g/mol. The van der Waals surface area contributed by atoms with Gasteiger partial charge in [0.2, 0.25) is 0 Å². The molecule has 0 saturated heterocycles. The van der Waals surface area contributed by atoms with E-state index in [0.717, 1.165) is 6.07 Å². The van der Waals surface area contributed by atoms with Crippen LogP contribution in [0.5, 0.6) is 0 Å². The number of ketones is 1. The second-order valence-electron chi connectivity index (χ2n) is 3.82. The number of ether oxygens (including phenoxy) is 1. The Labute approximate surface area is 107 Å². The number of nitrogens with zero attached hydrogens (tertiary/aromatic N) is 1. The van der Waals surface area contributed by atoms with Crippen molar-refractivity contribution in [3.63, 3.8) is 0 Å². The molecule has 18 heavy (non-hydrogen) atoms. The summed E-state index contributed by atoms with van der Waals surface area (Å²) in [6.07, 6.45) is -4.74. The largest absolute Gasteiger partial charge is 0.433 e. The standard InChI is InChI=1S/C11H11ClF3NO2/c1-6(2)18-5-8(17)7-3-4-9(11(13,14)15)16-10(7)12/h3-4,6H,5H2,1-2H3. The summed E-state index contributed by atoms with van der Waals surface area (Å²) in [5.41, 5.74) is -1.21. The van der Waals surface area contributed by atoms with Gasteiger partial charge in [-0.1, -0.05) is 11.6 Å². The Morgan fingerprint density at radius 1 is 1.44 bits per heavy atom. The van der Waals surface area contributed by atoms with Gasteiger partial charge in [-0.3, -0.25) is 4.79 Å². The van der Waals surface area contributed by atoms with E-state index < -0.39 is 22.8 Å². The Bertz CT molecular complexity index is 446. The molecule has 3 nitrogen and oxygen atoms in total. The summed E-state index contributed by atoms with van der Waals surface area (Å²) in [4.78, 5) is 14.8. The summed E-state index contributed by atoms with van der Waals surface area (Å²) in [6, 6.07) is 1.72. The Hall–Kier alpha value is -1.14. The maximum atomic E-state index is 12.3. The first-order chi connectivity index (χ1) is 8.21. The van der Waals surface area contributed by atoms with Crippen LogP contribution in [0.4, 0.5) is 13.2 Å². The molecule has 100 valence electrons. The predicted octanol–water partition coefficient (Wildman–Crippen LogP) is 3.36. The second kappa shape index (κ2) is 5.67. The van der Waals surface area contributed by atoms with Crippen LogP contribution in [0.3, 0.4) is 0 Å². The highest BCUT2D eigenvalue weighted by Gasteiger charge is 2.33. The lowest BCUT2D eigenvalue weighted by Crippen LogP contribution is -2.15. The zero-order chi connectivity index (χ0) is 13.9. The zero-order valence-electron chi connectivity index (χ0n) is 9.71. The van der Waals surface area contributed by atoms with Crippen molar-refractivity contribution in [1.82, 2.24) is 4.98 Å². The maximum absolute atomic E-state index is 12.3. The van der Waals surface area contributed by atoms with Gasteiger partial charge in [-0.25, -0.2) is 4.98 Å². The van der Waals surface area contributed by atoms with Crippen LogP contribution in [-0.2, 0) is 10.9 Å². The number of hydrogen-bond donors (Lipinski definition) is 0. The molecule has 0 aliphatic rings. The van der Waals surface area contributed by atoms with Gasteiger partial charge in [0.1, 0.15) is 17.5 Å². The molecular formula is C11H11ClF3NO2. The van der Waals surface area contributed by atoms with E-state index in [2.05, 4.69) is 4.98 Å². The van der Waals surface area contributed by atoms with Gasteiger partial charge < -0.3 is 4.74 Å². The third-order valence-corrected chi connectivity index (χ3v) is 2.28. The van der Waals surface area contributed by atoms with Gasteiger partial charge >= 0.3 is 6.18 Å². The number of carbonyl (C=O) groups is 1. The van der Waals surface area contributed by atoms with Gasteiger partial charge in [0, 0.05) is 0 Å². The minimum Gasteiger partial charge on any atom is -0.371 e. The lowest BCUT2D eigenvalue weighted by molar-refractivity contribution is -0.141. The van der Waals surface area contributed by atoms with Crippen LogP contribution in [-0.4, -0.2) is 23.5 Å². The molecule has 0 atom stereocenters. The van der Waals surface area contributed by atoms with Crippen molar-refractivity contribution >= 4 is 17.4 Å². The fourth-order valence-corrected chi connectivity index (χ4v) is 1.38. The van der Waals surface area contributed by atoms with E-state index in [9.17, 15) is 18.0 Å². The molecule has 0 N–H and O–H groups in total. The molecular weight excluding hydrogens is 271 g/mol. The molecule has 0 spiro atoms. The molecule has 0 aromatic carbocycles. The fourth-order valence-electron chi connectivity index (χ4n) is 1.12. The summed E-state index contributed by atoms with van der Waals surface area (Å²) >= 11 is 5.56. The van der Waals surface area contributed by atoms with Crippen molar-refractivity contribution in [3.05, 3.63) is 28.5 Å². The first-order valence-electron chi connectivity index (χ1n) is 5.10. The van der Waals surface area contributed by atoms with Crippen molar-refractivity contribution in [2.24, 2.45) is 0 Å². The Morgan fingerprint density at radius 2 is 2.06 bits per heavy atom. The first kappa shape index (κ1) is 14.9. The van der Waals surface area contributed by atoms with Crippen molar-refractivity contribution in [1.29, 1.82) is 0 Å². The van der Waals surface area contributed by atoms with Crippen LogP contribution in [0.1, 0.15) is 29.9 Å². The van der Waals surface area contributed by atoms with Crippen LogP contribution >= 0.6 is 11.6 Å². The van der Waals surface area contributed by atoms with Gasteiger partial charge in [-0.05, 0) is 26.0 Å². The second-order valence-corrected chi connectivity index (χ2v) is 4.17. The van der Waals surface area contributed by atoms with Gasteiger partial charge in [-0.15, -0.1) is 0 Å². The third-order valence-electron chi connectivity index (χ3n) is 1.99. The lowest BCUT2D eigenvalue weighted by atomic mass is 10.2. The Balaban J connectivity index is 2.89. The Morgan fingerprint density at radius 3 is 2.50 bits per heavy atom. The topological polar surface area (TPSA) is 39.2 Å². The van der Waals surface area contributed by atoms with Crippen molar-refractivity contribution in [2.45, 2.75) is 26.1 Å². The van der Waals surface area contributed by atoms with Crippen molar-refractivity contribution < 1.29 is 22.7 Å². The number of rotatable bonds is 4. The number of aromatic nitrogens is 1. The van der Waals surface area contributed by atoms with Crippen LogP contribution in [0.25, 0.3) is 0 Å². The van der Waals surface area contributed by atoms with Crippen LogP contribution < -0.4 is 0 Å². The van der Waals surface area contributed by atoms with E-state index >= 15 is 0 Å². The minimum absolute atomic E-state index is 0.0784. The van der Waals surface area contributed by atoms with Gasteiger partial charge in [-0.2, -0.15) is 13.2 Å². The van der Waals surface area contributed by atoms with Gasteiger partial charge in [0.05, 0.1) is 11.7 Å². The molecule has 1 aromatic rings. The molecule has 0 saturated carbocycles. The average Bonchev–Trinajstić information content (AvgIpc) is 2.24. The van der Waals surface area contributed by atoms with E-state index in [-0.39, 0.29) is 18.3 Å². The highest BCUT2D eigenvalue weighted by molar-refractivity contribution is 6.32. The number of hydrogen-bond acceptors (Lipinski definition) is 3. The molecule has 7 heteroatoms. The van der Waals surface area contributed by atoms with E-state index in [1.165, 1.54) is 0 Å². The number of pyridine rings is 1. The van der Waals surface area contributed by atoms with Gasteiger partial charge in [0.15, 0.2) is 5.78 Å². The molecule has 0 unspecified atom stereocenters. The molecule has 0 aliphatic heterocycles. The van der Waals surface area contributed by atoms with Crippen LogP contribution in [0.15, 0.2) is 12.1 Å². The summed E-state index contributed by atoms with van der Waals surface area (Å²) in [5.74, 6) is -0.505. The maximum Gasteiger partial charge on any atom is 0.433 e. The number of alkyl halides is 3. The SMILES string of the molecule is CC(C)OCC(=O)c1ccc(C(F)(F)F)nc1Cl. The van der Waals surface area contributed by atoms with E-state index in [1.54, 1.807) is 13.8 Å². The van der Waals surface area contributed by atoms with E-state index in [4.69, 9.17) is 16.3 Å². The third kappa shape index (κ3) is 3.96. The van der Waals surface area contributed by atoms with Crippen molar-refractivity contribution in [3.8, 4) is 0 Å². The van der Waals surface area contributed by atoms with Gasteiger partial charge in [0.25, 0.3) is 0 Å². The summed E-state index contributed by atoms with van der Waals surface area (Å²) in [7, 11) is 0. The number of halogens is 4. The molecule has 0 radical (unpaired) electrons. The predicted molar refractivity (Wildman–Crippen MR) is 59.7 cm³/mol. The molecule has 1 rings (SSSR count). The smallest absolute Gasteiger partial charge is 0.371 e. The molecule has 1 aromatic heterocycles. The molecule has 0 amide bonds. The normalized spacial score (nSPS) is 11.9. The number of carbonyl (C=O) groups excluding carboxylic acids is 1. The molecule has 0 aliphatic carbocycles. The van der Waals surface area contributed by atoms with Crippen LogP contribution in [0, 0.1) is 0 Å². The lowest BCUT2D eigenvalue weighted by Gasteiger charge is -2.09.